The largest absolute Gasteiger partial charge is 0.486 e. The highest BCUT2D eigenvalue weighted by molar-refractivity contribution is 5.80. The molecule has 1 aliphatic rings. The molecule has 0 bridgehead atoms. The van der Waals surface area contributed by atoms with Crippen LogP contribution in [0.3, 0.4) is 0 Å². The fourth-order valence-electron chi connectivity index (χ4n) is 2.37. The molecule has 2 N–H and O–H groups in total. The van der Waals surface area contributed by atoms with E-state index in [1.54, 1.807) is 18.2 Å². The summed E-state index contributed by atoms with van der Waals surface area (Å²) in [6.07, 6.45) is 0.222. The zero-order valence-corrected chi connectivity index (χ0v) is 13.1. The Morgan fingerprint density at radius 3 is 2.95 bits per heavy atom. The maximum Gasteiger partial charge on any atom is 0.194 e. The molecule has 1 saturated heterocycles. The molecule has 1 aromatic rings. The lowest BCUT2D eigenvalue weighted by atomic mass is 10.3. The Morgan fingerprint density at radius 2 is 2.32 bits per heavy atom. The highest BCUT2D eigenvalue weighted by Gasteiger charge is 2.23. The number of nitrogens with zero attached hydrogens (tertiary/aromatic N) is 2. The zero-order chi connectivity index (χ0) is 15.9. The number of likely N-dealkylation sites (tertiary alicyclic amines) is 1. The molecule has 6 heteroatoms. The molecular formula is C16H24FN3O2. The van der Waals surface area contributed by atoms with E-state index in [4.69, 9.17) is 4.74 Å². The van der Waals surface area contributed by atoms with Gasteiger partial charge in [0.15, 0.2) is 17.5 Å². The Balaban J connectivity index is 1.93. The summed E-state index contributed by atoms with van der Waals surface area (Å²) < 4.78 is 19.1. The van der Waals surface area contributed by atoms with Gasteiger partial charge in [0.2, 0.25) is 0 Å². The number of halogens is 1. The maximum atomic E-state index is 13.5. The molecule has 1 heterocycles. The first-order chi connectivity index (χ1) is 10.6. The minimum Gasteiger partial charge on any atom is -0.486 e. The van der Waals surface area contributed by atoms with E-state index in [9.17, 15) is 9.50 Å². The molecule has 0 spiro atoms. The molecule has 1 aromatic carbocycles. The van der Waals surface area contributed by atoms with Crippen LogP contribution in [0.4, 0.5) is 4.39 Å². The predicted octanol–water partition coefficient (Wildman–Crippen LogP) is 1.63. The van der Waals surface area contributed by atoms with Crippen molar-refractivity contribution in [3.63, 3.8) is 0 Å². The molecule has 1 fully saturated rings. The third kappa shape index (κ3) is 4.59. The van der Waals surface area contributed by atoms with Crippen molar-refractivity contribution in [1.29, 1.82) is 0 Å². The third-order valence-corrected chi connectivity index (χ3v) is 3.46. The van der Waals surface area contributed by atoms with Crippen LogP contribution in [0.1, 0.15) is 20.3 Å². The van der Waals surface area contributed by atoms with Crippen LogP contribution in [0.5, 0.6) is 5.75 Å². The molecule has 0 amide bonds. The Bertz CT molecular complexity index is 510. The van der Waals surface area contributed by atoms with E-state index >= 15 is 0 Å². The molecule has 122 valence electrons. The minimum atomic E-state index is -0.368. The van der Waals surface area contributed by atoms with Gasteiger partial charge in [-0.05, 0) is 32.4 Å². The molecule has 1 unspecified atom stereocenters. The second-order valence-electron chi connectivity index (χ2n) is 5.44. The van der Waals surface area contributed by atoms with Crippen LogP contribution in [0.25, 0.3) is 0 Å². The Hall–Kier alpha value is -1.82. The molecule has 0 saturated carbocycles. The fourth-order valence-corrected chi connectivity index (χ4v) is 2.37. The van der Waals surface area contributed by atoms with Crippen molar-refractivity contribution in [3.05, 3.63) is 30.1 Å². The van der Waals surface area contributed by atoms with Crippen LogP contribution in [-0.2, 0) is 0 Å². The van der Waals surface area contributed by atoms with Crippen molar-refractivity contribution >= 4 is 5.96 Å². The van der Waals surface area contributed by atoms with Gasteiger partial charge < -0.3 is 20.1 Å². The predicted molar refractivity (Wildman–Crippen MR) is 84.7 cm³/mol. The molecule has 0 radical (unpaired) electrons. The van der Waals surface area contributed by atoms with Gasteiger partial charge in [0.05, 0.1) is 12.6 Å². The molecule has 0 aliphatic carbocycles. The molecule has 22 heavy (non-hydrogen) atoms. The van der Waals surface area contributed by atoms with Crippen molar-refractivity contribution in [2.45, 2.75) is 32.5 Å². The van der Waals surface area contributed by atoms with Gasteiger partial charge in [0.1, 0.15) is 6.10 Å². The Labute approximate surface area is 130 Å². The van der Waals surface area contributed by atoms with Gasteiger partial charge in [-0.1, -0.05) is 12.1 Å². The normalized spacial score (nSPS) is 20.1. The standard InChI is InChI=1S/C16H24FN3O2/c1-3-18-16(20-9-8-13(21)11-20)19-10-12(2)22-15-7-5-4-6-14(15)17/h4-7,12-13,21H,3,8-11H2,1-2H3,(H,18,19)/t12?,13-/m1/s1. The van der Waals surface area contributed by atoms with Crippen molar-refractivity contribution < 1.29 is 14.2 Å². The average Bonchev–Trinajstić information content (AvgIpc) is 2.92. The molecule has 2 rings (SSSR count). The molecule has 1 aliphatic heterocycles. The van der Waals surface area contributed by atoms with Crippen molar-refractivity contribution in [2.75, 3.05) is 26.2 Å². The second-order valence-corrected chi connectivity index (χ2v) is 5.44. The number of aliphatic imine (C=N–C) groups is 1. The molecule has 5 nitrogen and oxygen atoms in total. The van der Waals surface area contributed by atoms with Crippen LogP contribution in [0, 0.1) is 5.82 Å². The number of hydrogen-bond acceptors (Lipinski definition) is 3. The number of para-hydroxylation sites is 1. The second kappa shape index (κ2) is 7.98. The number of ether oxygens (including phenoxy) is 1. The van der Waals surface area contributed by atoms with Crippen molar-refractivity contribution in [3.8, 4) is 5.75 Å². The number of nitrogens with one attached hydrogen (secondary N) is 1. The average molecular weight is 309 g/mol. The summed E-state index contributed by atoms with van der Waals surface area (Å²) in [5.74, 6) is 0.641. The number of guanidine groups is 1. The highest BCUT2D eigenvalue weighted by atomic mass is 19.1. The number of benzene rings is 1. The summed E-state index contributed by atoms with van der Waals surface area (Å²) in [4.78, 5) is 6.56. The quantitative estimate of drug-likeness (QED) is 0.641. The summed E-state index contributed by atoms with van der Waals surface area (Å²) in [5, 5.41) is 12.8. The number of aliphatic hydroxyl groups excluding tert-OH is 1. The molecular weight excluding hydrogens is 285 g/mol. The van der Waals surface area contributed by atoms with E-state index in [0.29, 0.717) is 13.1 Å². The summed E-state index contributed by atoms with van der Waals surface area (Å²) in [6, 6.07) is 6.36. The first-order valence-corrected chi connectivity index (χ1v) is 7.72. The van der Waals surface area contributed by atoms with Crippen molar-refractivity contribution in [2.24, 2.45) is 4.99 Å². The Morgan fingerprint density at radius 1 is 1.55 bits per heavy atom. The number of aliphatic hydroxyl groups is 1. The third-order valence-electron chi connectivity index (χ3n) is 3.46. The number of β-amino-alcohol motifs (C(OH)–C–C–N with tert-alkyl or cyclic N) is 1. The van der Waals surface area contributed by atoms with Gasteiger partial charge >= 0.3 is 0 Å². The lowest BCUT2D eigenvalue weighted by Gasteiger charge is -2.22. The van der Waals surface area contributed by atoms with Crippen LogP contribution < -0.4 is 10.1 Å². The summed E-state index contributed by atoms with van der Waals surface area (Å²) in [7, 11) is 0. The van der Waals surface area contributed by atoms with Gasteiger partial charge in [-0.15, -0.1) is 0 Å². The fraction of sp³-hybridized carbons (Fsp3) is 0.562. The summed E-state index contributed by atoms with van der Waals surface area (Å²) in [6.45, 7) is 6.42. The maximum absolute atomic E-state index is 13.5. The van der Waals surface area contributed by atoms with Crippen LogP contribution >= 0.6 is 0 Å². The van der Waals surface area contributed by atoms with Gasteiger partial charge in [-0.3, -0.25) is 0 Å². The van der Waals surface area contributed by atoms with Gasteiger partial charge in [0.25, 0.3) is 0 Å². The topological polar surface area (TPSA) is 57.1 Å². The van der Waals surface area contributed by atoms with Gasteiger partial charge in [-0.2, -0.15) is 0 Å². The number of hydrogen-bond donors (Lipinski definition) is 2. The van der Waals surface area contributed by atoms with Crippen LogP contribution in [0.2, 0.25) is 0 Å². The summed E-state index contributed by atoms with van der Waals surface area (Å²) >= 11 is 0. The van der Waals surface area contributed by atoms with Gasteiger partial charge in [0, 0.05) is 19.6 Å². The summed E-state index contributed by atoms with van der Waals surface area (Å²) in [5.41, 5.74) is 0. The van der Waals surface area contributed by atoms with Crippen LogP contribution in [-0.4, -0.2) is 54.4 Å². The SMILES string of the molecule is CCNC(=NCC(C)Oc1ccccc1F)N1CC[C@@H](O)C1. The molecule has 2 atom stereocenters. The van der Waals surface area contributed by atoms with E-state index < -0.39 is 0 Å². The lowest BCUT2D eigenvalue weighted by molar-refractivity contribution is 0.187. The first-order valence-electron chi connectivity index (χ1n) is 7.72. The van der Waals surface area contributed by atoms with E-state index in [0.717, 1.165) is 25.5 Å². The monoisotopic (exact) mass is 309 g/mol. The minimum absolute atomic E-state index is 0.238. The van der Waals surface area contributed by atoms with E-state index in [1.807, 2.05) is 18.7 Å². The Kier molecular flexibility index (Phi) is 6.00. The number of rotatable bonds is 5. The van der Waals surface area contributed by atoms with Crippen molar-refractivity contribution in [1.82, 2.24) is 10.2 Å². The van der Waals surface area contributed by atoms with Crippen LogP contribution in [0.15, 0.2) is 29.3 Å². The zero-order valence-electron chi connectivity index (χ0n) is 13.1. The highest BCUT2D eigenvalue weighted by Crippen LogP contribution is 2.17. The van der Waals surface area contributed by atoms with Gasteiger partial charge in [-0.25, -0.2) is 9.38 Å². The molecule has 0 aromatic heterocycles. The first kappa shape index (κ1) is 16.5. The smallest absolute Gasteiger partial charge is 0.194 e. The van der Waals surface area contributed by atoms with E-state index in [2.05, 4.69) is 10.3 Å². The van der Waals surface area contributed by atoms with E-state index in [-0.39, 0.29) is 23.8 Å². The van der Waals surface area contributed by atoms with E-state index in [1.165, 1.54) is 6.07 Å². The lowest BCUT2D eigenvalue weighted by Crippen LogP contribution is -2.41.